The molecule has 2 rings (SSSR count). The van der Waals surface area contributed by atoms with Crippen molar-refractivity contribution in [1.82, 2.24) is 5.16 Å². The van der Waals surface area contributed by atoms with Gasteiger partial charge in [0.15, 0.2) is 0 Å². The SMILES string of the molecule is Cc1ccc(C(=O)c2c(C)[nH]oc2=O)cc1. The number of hydrogen-bond donors (Lipinski definition) is 1. The summed E-state index contributed by atoms with van der Waals surface area (Å²) in [4.78, 5) is 23.3. The van der Waals surface area contributed by atoms with Crippen LogP contribution in [0.25, 0.3) is 0 Å². The van der Waals surface area contributed by atoms with Gasteiger partial charge in [0.2, 0.25) is 5.78 Å². The van der Waals surface area contributed by atoms with E-state index in [2.05, 4.69) is 9.68 Å². The highest BCUT2D eigenvalue weighted by Crippen LogP contribution is 2.10. The monoisotopic (exact) mass is 217 g/mol. The molecule has 0 unspecified atom stereocenters. The van der Waals surface area contributed by atoms with Crippen molar-refractivity contribution < 1.29 is 9.32 Å². The fourth-order valence-corrected chi connectivity index (χ4v) is 1.49. The van der Waals surface area contributed by atoms with Crippen LogP contribution in [0.2, 0.25) is 0 Å². The van der Waals surface area contributed by atoms with Crippen molar-refractivity contribution in [3.05, 3.63) is 57.1 Å². The molecule has 4 heteroatoms. The lowest BCUT2D eigenvalue weighted by atomic mass is 10.0. The second kappa shape index (κ2) is 3.81. The van der Waals surface area contributed by atoms with Crippen molar-refractivity contribution in [2.45, 2.75) is 13.8 Å². The summed E-state index contributed by atoms with van der Waals surface area (Å²) in [5, 5.41) is 2.39. The van der Waals surface area contributed by atoms with Crippen molar-refractivity contribution in [3.8, 4) is 0 Å². The van der Waals surface area contributed by atoms with E-state index in [0.29, 0.717) is 11.3 Å². The summed E-state index contributed by atoms with van der Waals surface area (Å²) < 4.78 is 4.56. The number of hydrogen-bond acceptors (Lipinski definition) is 3. The first-order valence-electron chi connectivity index (χ1n) is 4.89. The molecule has 0 bridgehead atoms. The van der Waals surface area contributed by atoms with Gasteiger partial charge >= 0.3 is 5.63 Å². The van der Waals surface area contributed by atoms with Crippen molar-refractivity contribution in [2.24, 2.45) is 0 Å². The Bertz CT molecular complexity index is 575. The highest BCUT2D eigenvalue weighted by molar-refractivity contribution is 6.09. The fraction of sp³-hybridized carbons (Fsp3) is 0.167. The fourth-order valence-electron chi connectivity index (χ4n) is 1.49. The zero-order valence-corrected chi connectivity index (χ0v) is 9.03. The first kappa shape index (κ1) is 10.4. The molecule has 0 saturated carbocycles. The van der Waals surface area contributed by atoms with E-state index < -0.39 is 5.63 Å². The normalized spacial score (nSPS) is 10.4. The van der Waals surface area contributed by atoms with E-state index >= 15 is 0 Å². The molecule has 2 aromatic rings. The molecule has 0 saturated heterocycles. The lowest BCUT2D eigenvalue weighted by molar-refractivity contribution is 0.103. The Hall–Kier alpha value is -2.10. The van der Waals surface area contributed by atoms with Crippen LogP contribution in [-0.4, -0.2) is 10.9 Å². The number of aryl methyl sites for hydroxylation is 2. The van der Waals surface area contributed by atoms with E-state index in [1.807, 2.05) is 19.1 Å². The van der Waals surface area contributed by atoms with Crippen LogP contribution < -0.4 is 5.63 Å². The third-order valence-electron chi connectivity index (χ3n) is 2.42. The maximum Gasteiger partial charge on any atom is 0.368 e. The Morgan fingerprint density at radius 3 is 2.31 bits per heavy atom. The van der Waals surface area contributed by atoms with Gasteiger partial charge in [-0.1, -0.05) is 29.8 Å². The molecule has 0 aliphatic rings. The van der Waals surface area contributed by atoms with Gasteiger partial charge in [-0.05, 0) is 13.8 Å². The molecule has 1 N–H and O–H groups in total. The lowest BCUT2D eigenvalue weighted by Gasteiger charge is -1.98. The number of aromatic amines is 1. The molecule has 16 heavy (non-hydrogen) atoms. The molecular weight excluding hydrogens is 206 g/mol. The topological polar surface area (TPSA) is 63.1 Å². The van der Waals surface area contributed by atoms with Gasteiger partial charge in [-0.2, -0.15) is 0 Å². The molecule has 4 nitrogen and oxygen atoms in total. The summed E-state index contributed by atoms with van der Waals surface area (Å²) in [7, 11) is 0. The predicted molar refractivity (Wildman–Crippen MR) is 58.7 cm³/mol. The smallest absolute Gasteiger partial charge is 0.338 e. The highest BCUT2D eigenvalue weighted by atomic mass is 16.5. The Balaban J connectivity index is 2.47. The van der Waals surface area contributed by atoms with Crippen LogP contribution in [0.4, 0.5) is 0 Å². The van der Waals surface area contributed by atoms with Crippen LogP contribution in [0, 0.1) is 13.8 Å². The molecular formula is C12H11NO3. The van der Waals surface area contributed by atoms with E-state index in [1.54, 1.807) is 19.1 Å². The van der Waals surface area contributed by atoms with E-state index in [-0.39, 0.29) is 11.3 Å². The standard InChI is InChI=1S/C12H11NO3/c1-7-3-5-9(6-4-7)11(14)10-8(2)13-16-12(10)15/h3-6,13H,1-2H3. The van der Waals surface area contributed by atoms with Crippen LogP contribution in [0.5, 0.6) is 0 Å². The number of nitrogens with one attached hydrogen (secondary N) is 1. The first-order chi connectivity index (χ1) is 7.59. The van der Waals surface area contributed by atoms with Gasteiger partial charge in [0.1, 0.15) is 5.56 Å². The van der Waals surface area contributed by atoms with Crippen LogP contribution in [0.15, 0.2) is 33.6 Å². The average Bonchev–Trinajstić information content (AvgIpc) is 2.59. The van der Waals surface area contributed by atoms with Gasteiger partial charge in [-0.3, -0.25) is 4.79 Å². The summed E-state index contributed by atoms with van der Waals surface area (Å²) in [5.74, 6) is -0.312. The summed E-state index contributed by atoms with van der Waals surface area (Å²) in [6.07, 6.45) is 0. The molecule has 1 heterocycles. The number of H-pyrrole nitrogens is 1. The molecule has 1 aromatic heterocycles. The molecule has 0 amide bonds. The summed E-state index contributed by atoms with van der Waals surface area (Å²) >= 11 is 0. The second-order valence-corrected chi connectivity index (χ2v) is 3.69. The predicted octanol–water partition coefficient (Wildman–Crippen LogP) is 1.82. The maximum absolute atomic E-state index is 12.0. The Kier molecular flexibility index (Phi) is 2.48. The average molecular weight is 217 g/mol. The highest BCUT2D eigenvalue weighted by Gasteiger charge is 2.18. The third-order valence-corrected chi connectivity index (χ3v) is 2.42. The largest absolute Gasteiger partial charge is 0.368 e. The van der Waals surface area contributed by atoms with Gasteiger partial charge < -0.3 is 4.52 Å². The number of carbonyl (C=O) groups excluding carboxylic acids is 1. The summed E-state index contributed by atoms with van der Waals surface area (Å²) in [6.45, 7) is 3.57. The molecule has 0 fully saturated rings. The van der Waals surface area contributed by atoms with Gasteiger partial charge in [-0.15, -0.1) is 0 Å². The van der Waals surface area contributed by atoms with Crippen LogP contribution >= 0.6 is 0 Å². The van der Waals surface area contributed by atoms with Gasteiger partial charge in [0.25, 0.3) is 0 Å². The van der Waals surface area contributed by atoms with E-state index in [1.165, 1.54) is 0 Å². The minimum atomic E-state index is -0.622. The van der Waals surface area contributed by atoms with Crippen molar-refractivity contribution >= 4 is 5.78 Å². The van der Waals surface area contributed by atoms with Crippen LogP contribution in [-0.2, 0) is 0 Å². The number of ketones is 1. The zero-order chi connectivity index (χ0) is 11.7. The molecule has 0 atom stereocenters. The minimum absolute atomic E-state index is 0.0730. The zero-order valence-electron chi connectivity index (χ0n) is 9.03. The van der Waals surface area contributed by atoms with Crippen LogP contribution in [0.3, 0.4) is 0 Å². The Labute approximate surface area is 91.9 Å². The number of rotatable bonds is 2. The number of aromatic nitrogens is 1. The molecule has 0 spiro atoms. The van der Waals surface area contributed by atoms with Gasteiger partial charge in [-0.25, -0.2) is 9.95 Å². The molecule has 0 aliphatic heterocycles. The van der Waals surface area contributed by atoms with Gasteiger partial charge in [0.05, 0.1) is 5.69 Å². The quantitative estimate of drug-likeness (QED) is 0.780. The second-order valence-electron chi connectivity index (χ2n) is 3.69. The molecule has 1 aromatic carbocycles. The lowest BCUT2D eigenvalue weighted by Crippen LogP contribution is -2.12. The summed E-state index contributed by atoms with van der Waals surface area (Å²) in [6, 6.07) is 7.06. The Morgan fingerprint density at radius 2 is 1.81 bits per heavy atom. The van der Waals surface area contributed by atoms with Crippen molar-refractivity contribution in [3.63, 3.8) is 0 Å². The van der Waals surface area contributed by atoms with Gasteiger partial charge in [0, 0.05) is 5.56 Å². The maximum atomic E-state index is 12.0. The summed E-state index contributed by atoms with van der Waals surface area (Å²) in [5.41, 5.74) is 1.46. The van der Waals surface area contributed by atoms with E-state index in [4.69, 9.17) is 0 Å². The Morgan fingerprint density at radius 1 is 1.19 bits per heavy atom. The van der Waals surface area contributed by atoms with E-state index in [0.717, 1.165) is 5.56 Å². The molecule has 82 valence electrons. The molecule has 0 aliphatic carbocycles. The van der Waals surface area contributed by atoms with Crippen molar-refractivity contribution in [2.75, 3.05) is 0 Å². The molecule has 0 radical (unpaired) electrons. The van der Waals surface area contributed by atoms with Crippen LogP contribution in [0.1, 0.15) is 27.2 Å². The minimum Gasteiger partial charge on any atom is -0.338 e. The van der Waals surface area contributed by atoms with Crippen molar-refractivity contribution in [1.29, 1.82) is 0 Å². The first-order valence-corrected chi connectivity index (χ1v) is 4.89. The van der Waals surface area contributed by atoms with E-state index in [9.17, 15) is 9.59 Å². The third kappa shape index (κ3) is 1.69. The number of carbonyl (C=O) groups is 1. The number of benzene rings is 1.